The Kier molecular flexibility index (Phi) is 4.52. The minimum atomic E-state index is 1.15. The van der Waals surface area contributed by atoms with Gasteiger partial charge in [-0.05, 0) is 88.6 Å². The van der Waals surface area contributed by atoms with Crippen molar-refractivity contribution in [3.8, 4) is 22.5 Å². The number of nitrogens with zero attached hydrogens (tertiary/aromatic N) is 3. The molecule has 0 aliphatic carbocycles. The molecule has 0 radical (unpaired) electrons. The van der Waals surface area contributed by atoms with E-state index in [0.29, 0.717) is 0 Å². The molecule has 8 aromatic rings. The molecule has 3 nitrogen and oxygen atoms in total. The minimum Gasteiger partial charge on any atom is -0.317 e. The van der Waals surface area contributed by atoms with Crippen LogP contribution in [0.5, 0.6) is 0 Å². The van der Waals surface area contributed by atoms with Crippen LogP contribution in [0.4, 0.5) is 0 Å². The van der Waals surface area contributed by atoms with E-state index in [1.807, 2.05) is 12.4 Å². The third-order valence-corrected chi connectivity index (χ3v) is 7.63. The molecule has 5 aromatic carbocycles. The summed E-state index contributed by atoms with van der Waals surface area (Å²) < 4.78 is 4.67. The van der Waals surface area contributed by atoms with Crippen LogP contribution in [-0.4, -0.2) is 14.1 Å². The normalized spacial score (nSPS) is 11.7. The maximum absolute atomic E-state index is 4.19. The average Bonchev–Trinajstić information content (AvgIpc) is 3.56. The highest BCUT2D eigenvalue weighted by atomic mass is 15.0. The molecule has 0 N–H and O–H groups in total. The van der Waals surface area contributed by atoms with Crippen LogP contribution >= 0.6 is 0 Å². The number of rotatable bonds is 3. The third kappa shape index (κ3) is 3.12. The van der Waals surface area contributed by atoms with E-state index in [4.69, 9.17) is 0 Å². The Morgan fingerprint density at radius 2 is 1.24 bits per heavy atom. The number of benzene rings is 5. The quantitative estimate of drug-likeness (QED) is 0.245. The van der Waals surface area contributed by atoms with Crippen LogP contribution in [0.1, 0.15) is 0 Å². The Balaban J connectivity index is 1.40. The molecule has 0 atom stereocenters. The first kappa shape index (κ1) is 21.0. The van der Waals surface area contributed by atoms with Gasteiger partial charge in [-0.25, -0.2) is 0 Å². The van der Waals surface area contributed by atoms with E-state index >= 15 is 0 Å². The predicted molar refractivity (Wildman–Crippen MR) is 158 cm³/mol. The van der Waals surface area contributed by atoms with Gasteiger partial charge in [0.05, 0.1) is 16.6 Å². The van der Waals surface area contributed by atoms with Crippen LogP contribution in [-0.2, 0) is 0 Å². The van der Waals surface area contributed by atoms with E-state index in [1.165, 1.54) is 60.3 Å². The molecule has 0 fully saturated rings. The van der Waals surface area contributed by atoms with Crippen molar-refractivity contribution in [2.45, 2.75) is 0 Å². The molecule has 38 heavy (non-hydrogen) atoms. The number of fused-ring (bicyclic) bond motifs is 6. The molecule has 0 unspecified atom stereocenters. The van der Waals surface area contributed by atoms with E-state index in [9.17, 15) is 0 Å². The van der Waals surface area contributed by atoms with Gasteiger partial charge in [-0.2, -0.15) is 0 Å². The zero-order valence-corrected chi connectivity index (χ0v) is 20.6. The Labute approximate surface area is 219 Å². The number of hydrogen-bond acceptors (Lipinski definition) is 1. The first-order chi connectivity index (χ1) is 18.8. The van der Waals surface area contributed by atoms with Gasteiger partial charge in [-0.3, -0.25) is 4.98 Å². The Hall–Kier alpha value is -5.15. The second-order valence-corrected chi connectivity index (χ2v) is 9.75. The number of aromatic nitrogens is 3. The van der Waals surface area contributed by atoms with Crippen LogP contribution in [0, 0.1) is 0 Å². The summed E-state index contributed by atoms with van der Waals surface area (Å²) in [6.07, 6.45) is 5.87. The third-order valence-electron chi connectivity index (χ3n) is 7.63. The molecule has 0 aliphatic heterocycles. The highest BCUT2D eigenvalue weighted by molar-refractivity contribution is 6.18. The maximum Gasteiger partial charge on any atom is 0.0547 e. The van der Waals surface area contributed by atoms with E-state index in [-0.39, 0.29) is 0 Å². The molecule has 0 saturated carbocycles. The maximum atomic E-state index is 4.19. The van der Waals surface area contributed by atoms with Crippen molar-refractivity contribution < 1.29 is 0 Å². The van der Waals surface area contributed by atoms with Crippen LogP contribution in [0.25, 0.3) is 66.0 Å². The summed E-state index contributed by atoms with van der Waals surface area (Å²) in [5.74, 6) is 0. The average molecular weight is 486 g/mol. The molecule has 0 aliphatic rings. The number of hydrogen-bond donors (Lipinski definition) is 0. The van der Waals surface area contributed by atoms with Crippen LogP contribution in [0.3, 0.4) is 0 Å². The van der Waals surface area contributed by atoms with Gasteiger partial charge < -0.3 is 9.13 Å². The molecule has 8 rings (SSSR count). The van der Waals surface area contributed by atoms with Gasteiger partial charge >= 0.3 is 0 Å². The Bertz CT molecular complexity index is 2120. The van der Waals surface area contributed by atoms with Gasteiger partial charge in [0.1, 0.15) is 0 Å². The zero-order chi connectivity index (χ0) is 25.1. The summed E-state index contributed by atoms with van der Waals surface area (Å²) in [4.78, 5) is 4.19. The van der Waals surface area contributed by atoms with Crippen molar-refractivity contribution >= 4 is 43.5 Å². The fourth-order valence-corrected chi connectivity index (χ4v) is 5.87. The topological polar surface area (TPSA) is 22.8 Å². The summed E-state index contributed by atoms with van der Waals surface area (Å²) in [7, 11) is 0. The number of para-hydroxylation sites is 2. The smallest absolute Gasteiger partial charge is 0.0547 e. The highest BCUT2D eigenvalue weighted by Gasteiger charge is 2.15. The zero-order valence-electron chi connectivity index (χ0n) is 20.6. The summed E-state index contributed by atoms with van der Waals surface area (Å²) in [6.45, 7) is 0. The molecule has 0 bridgehead atoms. The van der Waals surface area contributed by atoms with Crippen molar-refractivity contribution in [3.63, 3.8) is 0 Å². The summed E-state index contributed by atoms with van der Waals surface area (Å²) in [6, 6.07) is 43.6. The Morgan fingerprint density at radius 1 is 0.447 bits per heavy atom. The van der Waals surface area contributed by atoms with E-state index in [2.05, 4.69) is 142 Å². The first-order valence-electron chi connectivity index (χ1n) is 12.9. The lowest BCUT2D eigenvalue weighted by Crippen LogP contribution is -1.94. The van der Waals surface area contributed by atoms with Gasteiger partial charge in [0.25, 0.3) is 0 Å². The van der Waals surface area contributed by atoms with Crippen LogP contribution in [0.15, 0.2) is 140 Å². The lowest BCUT2D eigenvalue weighted by molar-refractivity contribution is 1.13. The van der Waals surface area contributed by atoms with Crippen molar-refractivity contribution in [2.75, 3.05) is 0 Å². The van der Waals surface area contributed by atoms with E-state index in [1.54, 1.807) is 0 Å². The molecule has 178 valence electrons. The second kappa shape index (κ2) is 8.19. The minimum absolute atomic E-state index is 1.15. The van der Waals surface area contributed by atoms with Gasteiger partial charge in [-0.1, -0.05) is 54.6 Å². The molecular weight excluding hydrogens is 462 g/mol. The number of pyridine rings is 1. The predicted octanol–water partition coefficient (Wildman–Crippen LogP) is 8.94. The monoisotopic (exact) mass is 485 g/mol. The second-order valence-electron chi connectivity index (χ2n) is 9.75. The van der Waals surface area contributed by atoms with Gasteiger partial charge in [-0.15, -0.1) is 0 Å². The highest BCUT2D eigenvalue weighted by Crippen LogP contribution is 2.38. The van der Waals surface area contributed by atoms with E-state index < -0.39 is 0 Å². The molecule has 3 heterocycles. The Morgan fingerprint density at radius 3 is 2.13 bits per heavy atom. The lowest BCUT2D eigenvalue weighted by atomic mass is 10.0. The lowest BCUT2D eigenvalue weighted by Gasteiger charge is -2.11. The molecule has 0 amide bonds. The van der Waals surface area contributed by atoms with Crippen LogP contribution in [0.2, 0.25) is 0 Å². The molecule has 0 spiro atoms. The van der Waals surface area contributed by atoms with Crippen LogP contribution < -0.4 is 0 Å². The summed E-state index contributed by atoms with van der Waals surface area (Å²) >= 11 is 0. The SMILES string of the molecule is c1ccc(-n2ccc3c4cc5c6ccccc6n(-c6cccc(-c7ccncc7)c6)c5cc4ccc32)cc1. The first-order valence-corrected chi connectivity index (χ1v) is 12.9. The van der Waals surface area contributed by atoms with Crippen molar-refractivity contribution in [1.82, 2.24) is 14.1 Å². The largest absolute Gasteiger partial charge is 0.317 e. The van der Waals surface area contributed by atoms with Crippen molar-refractivity contribution in [3.05, 3.63) is 140 Å². The molecule has 0 saturated heterocycles. The van der Waals surface area contributed by atoms with Gasteiger partial charge in [0.15, 0.2) is 0 Å². The molecule has 3 aromatic heterocycles. The fourth-order valence-electron chi connectivity index (χ4n) is 5.87. The summed E-state index contributed by atoms with van der Waals surface area (Å²) in [5.41, 5.74) is 8.32. The summed E-state index contributed by atoms with van der Waals surface area (Å²) in [5, 5.41) is 6.31. The molecular formula is C35H23N3. The van der Waals surface area contributed by atoms with Crippen molar-refractivity contribution in [1.29, 1.82) is 0 Å². The van der Waals surface area contributed by atoms with E-state index in [0.717, 1.165) is 5.69 Å². The molecule has 3 heteroatoms. The van der Waals surface area contributed by atoms with Gasteiger partial charge in [0.2, 0.25) is 0 Å². The fraction of sp³-hybridized carbons (Fsp3) is 0. The van der Waals surface area contributed by atoms with Crippen molar-refractivity contribution in [2.24, 2.45) is 0 Å². The van der Waals surface area contributed by atoms with Gasteiger partial charge in [0, 0.05) is 46.1 Å². The standard InChI is InChI=1S/C35H23N3/c1-2-8-27(9-3-1)37-20-17-30-31-23-32-29-11-4-5-12-34(29)38(35(32)22-26(31)13-14-33(30)37)28-10-6-7-25(21-28)24-15-18-36-19-16-24/h1-23H.